The van der Waals surface area contributed by atoms with Crippen LogP contribution in [-0.4, -0.2) is 44.9 Å². The fraction of sp³-hybridized carbons (Fsp3) is 0.304. The summed E-state index contributed by atoms with van der Waals surface area (Å²) in [4.78, 5) is 21.3. The Labute approximate surface area is 169 Å². The van der Waals surface area contributed by atoms with E-state index in [1.54, 1.807) is 12.1 Å². The van der Waals surface area contributed by atoms with Gasteiger partial charge in [0.2, 0.25) is 0 Å². The summed E-state index contributed by atoms with van der Waals surface area (Å²) in [6.45, 7) is 5.11. The van der Waals surface area contributed by atoms with E-state index in [9.17, 15) is 15.0 Å². The summed E-state index contributed by atoms with van der Waals surface area (Å²) in [5.41, 5.74) is 4.07. The third-order valence-electron chi connectivity index (χ3n) is 5.48. The Morgan fingerprint density at radius 1 is 1.10 bits per heavy atom. The molecule has 4 rings (SSSR count). The normalized spacial score (nSPS) is 15.7. The van der Waals surface area contributed by atoms with E-state index in [-0.39, 0.29) is 11.4 Å². The first kappa shape index (κ1) is 19.2. The van der Waals surface area contributed by atoms with Crippen LogP contribution < -0.4 is 0 Å². The maximum absolute atomic E-state index is 11.3. The second-order valence-corrected chi connectivity index (χ2v) is 7.61. The van der Waals surface area contributed by atoms with E-state index < -0.39 is 5.97 Å². The minimum absolute atomic E-state index is 0.00879. The highest BCUT2D eigenvalue weighted by Gasteiger charge is 2.16. The van der Waals surface area contributed by atoms with Gasteiger partial charge in [-0.15, -0.1) is 0 Å². The van der Waals surface area contributed by atoms with Crippen LogP contribution >= 0.6 is 0 Å². The molecule has 0 spiro atoms. The molecular formula is C23H25N3O3. The summed E-state index contributed by atoms with van der Waals surface area (Å²) in [5.74, 6) is -1.01. The predicted molar refractivity (Wildman–Crippen MR) is 114 cm³/mol. The van der Waals surface area contributed by atoms with Crippen LogP contribution in [0, 0.1) is 0 Å². The van der Waals surface area contributed by atoms with Gasteiger partial charge in [-0.2, -0.15) is 0 Å². The summed E-state index contributed by atoms with van der Waals surface area (Å²) in [5, 5.41) is 20.2. The van der Waals surface area contributed by atoms with Crippen LogP contribution in [-0.2, 0) is 6.54 Å². The lowest BCUT2D eigenvalue weighted by atomic mass is 10.1. The zero-order chi connectivity index (χ0) is 20.4. The van der Waals surface area contributed by atoms with Crippen molar-refractivity contribution in [3.05, 3.63) is 59.2 Å². The third-order valence-corrected chi connectivity index (χ3v) is 5.48. The van der Waals surface area contributed by atoms with Gasteiger partial charge in [-0.3, -0.25) is 9.89 Å². The zero-order valence-electron chi connectivity index (χ0n) is 16.5. The molecule has 0 unspecified atom stereocenters. The number of hydrogen-bond donors (Lipinski definition) is 3. The highest BCUT2D eigenvalue weighted by atomic mass is 16.4. The number of H-pyrrole nitrogens is 1. The molecule has 0 aliphatic carbocycles. The number of nitrogens with zero attached hydrogens (tertiary/aromatic N) is 2. The molecule has 6 heteroatoms. The molecule has 0 amide bonds. The van der Waals surface area contributed by atoms with Gasteiger partial charge in [0, 0.05) is 17.4 Å². The van der Waals surface area contributed by atoms with Crippen molar-refractivity contribution in [2.75, 3.05) is 13.1 Å². The van der Waals surface area contributed by atoms with Crippen molar-refractivity contribution in [3.8, 4) is 5.88 Å². The molecule has 0 atom stereocenters. The Morgan fingerprint density at radius 3 is 2.52 bits per heavy atom. The van der Waals surface area contributed by atoms with Crippen molar-refractivity contribution in [2.24, 2.45) is 4.99 Å². The molecule has 1 aromatic heterocycles. The van der Waals surface area contributed by atoms with Crippen LogP contribution in [0.2, 0.25) is 0 Å². The number of aromatic nitrogens is 1. The van der Waals surface area contributed by atoms with E-state index in [4.69, 9.17) is 0 Å². The molecule has 0 bridgehead atoms. The van der Waals surface area contributed by atoms with Crippen molar-refractivity contribution in [1.29, 1.82) is 0 Å². The van der Waals surface area contributed by atoms with Crippen LogP contribution in [0.1, 0.15) is 47.7 Å². The van der Waals surface area contributed by atoms with Gasteiger partial charge in [0.1, 0.15) is 0 Å². The Morgan fingerprint density at radius 2 is 1.83 bits per heavy atom. The number of aromatic hydroxyl groups is 1. The molecule has 6 nitrogen and oxygen atoms in total. The quantitative estimate of drug-likeness (QED) is 0.550. The van der Waals surface area contributed by atoms with Crippen molar-refractivity contribution < 1.29 is 15.0 Å². The SMILES string of the molecule is CC(=Nc1ccc(CN2CCCCC2)cc1)c1c(O)[nH]c2ccc(C(=O)O)cc12. The number of aliphatic imine (C=N–C) groups is 1. The molecule has 29 heavy (non-hydrogen) atoms. The first-order chi connectivity index (χ1) is 14.0. The number of hydrogen-bond acceptors (Lipinski definition) is 4. The van der Waals surface area contributed by atoms with Crippen LogP contribution in [0.3, 0.4) is 0 Å². The number of rotatable bonds is 5. The fourth-order valence-electron chi connectivity index (χ4n) is 3.98. The fourth-order valence-corrected chi connectivity index (χ4v) is 3.98. The van der Waals surface area contributed by atoms with Gasteiger partial charge in [-0.1, -0.05) is 18.6 Å². The summed E-state index contributed by atoms with van der Waals surface area (Å²) >= 11 is 0. The molecule has 2 heterocycles. The number of carboxylic acid groups (broad SMARTS) is 1. The number of aromatic carboxylic acids is 1. The lowest BCUT2D eigenvalue weighted by molar-refractivity contribution is 0.0697. The standard InChI is InChI=1S/C23H25N3O3/c1-15(21-19-13-17(23(28)29)7-10-20(19)25-22(21)27)24-18-8-5-16(6-9-18)14-26-11-3-2-4-12-26/h5-10,13,25,27H,2-4,11-12,14H2,1H3,(H,28,29). The lowest BCUT2D eigenvalue weighted by Crippen LogP contribution is -2.28. The molecule has 1 aliphatic rings. The smallest absolute Gasteiger partial charge is 0.335 e. The first-order valence-corrected chi connectivity index (χ1v) is 9.96. The van der Waals surface area contributed by atoms with E-state index in [1.165, 1.54) is 30.9 Å². The number of carbonyl (C=O) groups is 1. The molecule has 1 aliphatic heterocycles. The van der Waals surface area contributed by atoms with Crippen LogP contribution in [0.15, 0.2) is 47.5 Å². The molecule has 2 aromatic carbocycles. The summed E-state index contributed by atoms with van der Waals surface area (Å²) in [6.07, 6.45) is 3.89. The number of nitrogens with one attached hydrogen (secondary N) is 1. The number of benzene rings is 2. The Kier molecular flexibility index (Phi) is 5.36. The second kappa shape index (κ2) is 8.09. The number of carboxylic acids is 1. The van der Waals surface area contributed by atoms with E-state index in [0.29, 0.717) is 22.2 Å². The topological polar surface area (TPSA) is 88.9 Å². The molecule has 150 valence electrons. The van der Waals surface area contributed by atoms with Gasteiger partial charge < -0.3 is 15.2 Å². The summed E-state index contributed by atoms with van der Waals surface area (Å²) in [7, 11) is 0. The summed E-state index contributed by atoms with van der Waals surface area (Å²) < 4.78 is 0. The maximum atomic E-state index is 11.3. The van der Waals surface area contributed by atoms with Gasteiger partial charge in [-0.05, 0) is 68.8 Å². The average molecular weight is 391 g/mol. The minimum Gasteiger partial charge on any atom is -0.494 e. The van der Waals surface area contributed by atoms with Crippen molar-refractivity contribution in [3.63, 3.8) is 0 Å². The minimum atomic E-state index is -1.00. The number of piperidine rings is 1. The Bertz CT molecular complexity index is 1060. The Balaban J connectivity index is 1.59. The lowest BCUT2D eigenvalue weighted by Gasteiger charge is -2.26. The monoisotopic (exact) mass is 391 g/mol. The molecule has 3 aromatic rings. The predicted octanol–water partition coefficient (Wildman–Crippen LogP) is 4.70. The highest BCUT2D eigenvalue weighted by Crippen LogP contribution is 2.30. The van der Waals surface area contributed by atoms with Gasteiger partial charge in [0.05, 0.1) is 22.5 Å². The van der Waals surface area contributed by atoms with Crippen molar-refractivity contribution in [2.45, 2.75) is 32.7 Å². The molecule has 3 N–H and O–H groups in total. The second-order valence-electron chi connectivity index (χ2n) is 7.61. The Hall–Kier alpha value is -3.12. The van der Waals surface area contributed by atoms with Crippen LogP contribution in [0.4, 0.5) is 5.69 Å². The average Bonchev–Trinajstić information content (AvgIpc) is 3.05. The van der Waals surface area contributed by atoms with E-state index in [1.807, 2.05) is 19.1 Å². The van der Waals surface area contributed by atoms with Gasteiger partial charge in [0.25, 0.3) is 0 Å². The number of fused-ring (bicyclic) bond motifs is 1. The van der Waals surface area contributed by atoms with Crippen molar-refractivity contribution >= 4 is 28.3 Å². The molecule has 0 saturated carbocycles. The molecular weight excluding hydrogens is 366 g/mol. The maximum Gasteiger partial charge on any atom is 0.335 e. The van der Waals surface area contributed by atoms with E-state index in [0.717, 1.165) is 25.3 Å². The largest absolute Gasteiger partial charge is 0.494 e. The van der Waals surface area contributed by atoms with Gasteiger partial charge in [-0.25, -0.2) is 4.79 Å². The van der Waals surface area contributed by atoms with Crippen LogP contribution in [0.5, 0.6) is 5.88 Å². The van der Waals surface area contributed by atoms with Crippen LogP contribution in [0.25, 0.3) is 10.9 Å². The zero-order valence-corrected chi connectivity index (χ0v) is 16.5. The first-order valence-electron chi connectivity index (χ1n) is 9.96. The van der Waals surface area contributed by atoms with Gasteiger partial charge >= 0.3 is 5.97 Å². The van der Waals surface area contributed by atoms with Crippen molar-refractivity contribution in [1.82, 2.24) is 9.88 Å². The van der Waals surface area contributed by atoms with E-state index in [2.05, 4.69) is 27.0 Å². The van der Waals surface area contributed by atoms with E-state index >= 15 is 0 Å². The van der Waals surface area contributed by atoms with Gasteiger partial charge in [0.15, 0.2) is 5.88 Å². The third kappa shape index (κ3) is 4.17. The molecule has 1 fully saturated rings. The number of aromatic amines is 1. The summed E-state index contributed by atoms with van der Waals surface area (Å²) in [6, 6.07) is 12.9. The molecule has 0 radical (unpaired) electrons. The number of likely N-dealkylation sites (tertiary alicyclic amines) is 1. The highest BCUT2D eigenvalue weighted by molar-refractivity contribution is 6.13. The molecule has 1 saturated heterocycles.